The van der Waals surface area contributed by atoms with Gasteiger partial charge in [-0.15, -0.1) is 0 Å². The first-order chi connectivity index (χ1) is 11.5. The van der Waals surface area contributed by atoms with Crippen LogP contribution in [0.2, 0.25) is 0 Å². The summed E-state index contributed by atoms with van der Waals surface area (Å²) < 4.78 is 32.1. The first-order valence-corrected chi connectivity index (χ1v) is 7.32. The summed E-state index contributed by atoms with van der Waals surface area (Å²) in [6, 6.07) is 7.47. The van der Waals surface area contributed by atoms with Gasteiger partial charge in [0.15, 0.2) is 11.6 Å². The first-order valence-electron chi connectivity index (χ1n) is 7.32. The van der Waals surface area contributed by atoms with Crippen LogP contribution in [0.15, 0.2) is 36.4 Å². The van der Waals surface area contributed by atoms with Crippen molar-refractivity contribution in [2.75, 3.05) is 17.7 Å². The molecule has 2 aromatic carbocycles. The molecule has 2 atom stereocenters. The Balaban J connectivity index is 1.88. The predicted octanol–water partition coefficient (Wildman–Crippen LogP) is 3.40. The largest absolute Gasteiger partial charge is 0.399 e. The SMILES string of the molecule is Nc1ccc([N+](=O)[O-])c(N[C@H]2CCO[C@@H]2c2ccc(F)c(F)c2)c1. The molecule has 0 aromatic heterocycles. The van der Waals surface area contributed by atoms with Gasteiger partial charge in [0, 0.05) is 18.4 Å². The van der Waals surface area contributed by atoms with E-state index in [0.717, 1.165) is 12.1 Å². The normalized spacial score (nSPS) is 20.1. The number of nitrogen functional groups attached to an aromatic ring is 1. The van der Waals surface area contributed by atoms with Crippen LogP contribution in [0.4, 0.5) is 25.8 Å². The predicted molar refractivity (Wildman–Crippen MR) is 84.6 cm³/mol. The number of halogens is 2. The average molecular weight is 335 g/mol. The van der Waals surface area contributed by atoms with Crippen LogP contribution in [0, 0.1) is 21.7 Å². The number of rotatable bonds is 4. The fraction of sp³-hybridized carbons (Fsp3) is 0.250. The van der Waals surface area contributed by atoms with Gasteiger partial charge in [-0.05, 0) is 36.2 Å². The van der Waals surface area contributed by atoms with E-state index in [-0.39, 0.29) is 17.4 Å². The van der Waals surface area contributed by atoms with E-state index in [1.807, 2.05) is 0 Å². The van der Waals surface area contributed by atoms with Crippen LogP contribution in [0.25, 0.3) is 0 Å². The van der Waals surface area contributed by atoms with Crippen LogP contribution in [-0.2, 0) is 4.74 Å². The van der Waals surface area contributed by atoms with Gasteiger partial charge in [0.2, 0.25) is 0 Å². The summed E-state index contributed by atoms with van der Waals surface area (Å²) in [4.78, 5) is 10.6. The maximum absolute atomic E-state index is 13.5. The molecule has 8 heteroatoms. The van der Waals surface area contributed by atoms with Crippen LogP contribution in [0.3, 0.4) is 0 Å². The minimum Gasteiger partial charge on any atom is -0.399 e. The molecule has 0 spiro atoms. The van der Waals surface area contributed by atoms with E-state index < -0.39 is 22.7 Å². The second-order valence-electron chi connectivity index (χ2n) is 5.54. The number of nitrogens with zero attached hydrogens (tertiary/aromatic N) is 1. The lowest BCUT2D eigenvalue weighted by molar-refractivity contribution is -0.384. The molecule has 6 nitrogen and oxygen atoms in total. The van der Waals surface area contributed by atoms with E-state index in [1.165, 1.54) is 24.3 Å². The molecule has 1 fully saturated rings. The highest BCUT2D eigenvalue weighted by Crippen LogP contribution is 2.35. The lowest BCUT2D eigenvalue weighted by Gasteiger charge is -2.21. The summed E-state index contributed by atoms with van der Waals surface area (Å²) in [6.07, 6.45) is 0.0245. The Bertz CT molecular complexity index is 785. The van der Waals surface area contributed by atoms with E-state index in [4.69, 9.17) is 10.5 Å². The number of anilines is 2. The smallest absolute Gasteiger partial charge is 0.292 e. The molecule has 1 aliphatic rings. The maximum Gasteiger partial charge on any atom is 0.292 e. The van der Waals surface area contributed by atoms with Crippen molar-refractivity contribution >= 4 is 17.1 Å². The second-order valence-corrected chi connectivity index (χ2v) is 5.54. The van der Waals surface area contributed by atoms with Crippen LogP contribution in [0.1, 0.15) is 18.1 Å². The van der Waals surface area contributed by atoms with Gasteiger partial charge < -0.3 is 15.8 Å². The van der Waals surface area contributed by atoms with E-state index in [9.17, 15) is 18.9 Å². The summed E-state index contributed by atoms with van der Waals surface area (Å²) in [5, 5.41) is 14.2. The van der Waals surface area contributed by atoms with Gasteiger partial charge in [-0.25, -0.2) is 8.78 Å². The van der Waals surface area contributed by atoms with Crippen molar-refractivity contribution in [2.24, 2.45) is 0 Å². The van der Waals surface area contributed by atoms with Crippen molar-refractivity contribution in [2.45, 2.75) is 18.6 Å². The highest BCUT2D eigenvalue weighted by molar-refractivity contribution is 5.67. The molecule has 1 saturated heterocycles. The van der Waals surface area contributed by atoms with E-state index in [0.29, 0.717) is 24.3 Å². The van der Waals surface area contributed by atoms with Crippen molar-refractivity contribution in [1.82, 2.24) is 0 Å². The van der Waals surface area contributed by atoms with Crippen LogP contribution in [0.5, 0.6) is 0 Å². The van der Waals surface area contributed by atoms with Crippen LogP contribution < -0.4 is 11.1 Å². The molecule has 24 heavy (non-hydrogen) atoms. The van der Waals surface area contributed by atoms with Crippen molar-refractivity contribution in [3.05, 3.63) is 63.7 Å². The molecular weight excluding hydrogens is 320 g/mol. The standard InChI is InChI=1S/C16H15F2N3O3/c17-11-3-1-9(7-12(11)18)16-13(5-6-24-16)20-14-8-10(19)2-4-15(14)21(22)23/h1-4,7-8,13,16,20H,5-6,19H2/t13-,16+/m0/s1. The maximum atomic E-state index is 13.5. The molecule has 126 valence electrons. The number of benzene rings is 2. The summed E-state index contributed by atoms with van der Waals surface area (Å²) in [5.74, 6) is -1.90. The minimum absolute atomic E-state index is 0.111. The topological polar surface area (TPSA) is 90.4 Å². The molecule has 2 aromatic rings. The molecule has 0 unspecified atom stereocenters. The van der Waals surface area contributed by atoms with Crippen LogP contribution in [-0.4, -0.2) is 17.6 Å². The van der Waals surface area contributed by atoms with E-state index in [1.54, 1.807) is 0 Å². The highest BCUT2D eigenvalue weighted by Gasteiger charge is 2.31. The average Bonchev–Trinajstić information content (AvgIpc) is 2.98. The van der Waals surface area contributed by atoms with Crippen molar-refractivity contribution in [3.63, 3.8) is 0 Å². The number of nitro benzene ring substituents is 1. The summed E-state index contributed by atoms with van der Waals surface area (Å²) >= 11 is 0. The third-order valence-corrected chi connectivity index (χ3v) is 3.92. The van der Waals surface area contributed by atoms with Gasteiger partial charge >= 0.3 is 0 Å². The molecule has 0 aliphatic carbocycles. The van der Waals surface area contributed by atoms with Gasteiger partial charge in [0.25, 0.3) is 5.69 Å². The third kappa shape index (κ3) is 3.13. The fourth-order valence-corrected chi connectivity index (χ4v) is 2.78. The van der Waals surface area contributed by atoms with Gasteiger partial charge in [0.1, 0.15) is 11.8 Å². The molecule has 3 N–H and O–H groups in total. The lowest BCUT2D eigenvalue weighted by atomic mass is 10.0. The Hall–Kier alpha value is -2.74. The second kappa shape index (κ2) is 6.40. The quantitative estimate of drug-likeness (QED) is 0.508. The van der Waals surface area contributed by atoms with Gasteiger partial charge in [-0.1, -0.05) is 6.07 Å². The Morgan fingerprint density at radius 3 is 2.71 bits per heavy atom. The zero-order chi connectivity index (χ0) is 17.3. The summed E-state index contributed by atoms with van der Waals surface area (Å²) in [7, 11) is 0. The van der Waals surface area contributed by atoms with Crippen molar-refractivity contribution in [1.29, 1.82) is 0 Å². The lowest BCUT2D eigenvalue weighted by Crippen LogP contribution is -2.24. The monoisotopic (exact) mass is 335 g/mol. The highest BCUT2D eigenvalue weighted by atomic mass is 19.2. The number of ether oxygens (including phenoxy) is 1. The Kier molecular flexibility index (Phi) is 4.30. The molecular formula is C16H15F2N3O3. The fourth-order valence-electron chi connectivity index (χ4n) is 2.78. The number of hydrogen-bond acceptors (Lipinski definition) is 5. The number of nitro groups is 1. The Morgan fingerprint density at radius 1 is 1.21 bits per heavy atom. The molecule has 0 saturated carbocycles. The van der Waals surface area contributed by atoms with E-state index >= 15 is 0 Å². The zero-order valence-corrected chi connectivity index (χ0v) is 12.5. The minimum atomic E-state index is -0.961. The van der Waals surface area contributed by atoms with Crippen molar-refractivity contribution in [3.8, 4) is 0 Å². The number of hydrogen-bond donors (Lipinski definition) is 2. The first kappa shape index (κ1) is 16.1. The Morgan fingerprint density at radius 2 is 2.00 bits per heavy atom. The molecule has 0 radical (unpaired) electrons. The van der Waals surface area contributed by atoms with Gasteiger partial charge in [-0.2, -0.15) is 0 Å². The third-order valence-electron chi connectivity index (χ3n) is 3.92. The molecule has 0 bridgehead atoms. The van der Waals surface area contributed by atoms with E-state index in [2.05, 4.69) is 5.32 Å². The zero-order valence-electron chi connectivity index (χ0n) is 12.5. The summed E-state index contributed by atoms with van der Waals surface area (Å²) in [5.41, 5.74) is 6.70. The van der Waals surface area contributed by atoms with Crippen LogP contribution >= 0.6 is 0 Å². The molecule has 0 amide bonds. The number of nitrogens with two attached hydrogens (primary N) is 1. The molecule has 1 aliphatic heterocycles. The van der Waals surface area contributed by atoms with Crippen molar-refractivity contribution < 1.29 is 18.4 Å². The molecule has 3 rings (SSSR count). The Labute approximate surface area is 136 Å². The van der Waals surface area contributed by atoms with Gasteiger partial charge in [0.05, 0.1) is 11.0 Å². The number of nitrogens with one attached hydrogen (secondary N) is 1. The molecule has 1 heterocycles. The van der Waals surface area contributed by atoms with Gasteiger partial charge in [-0.3, -0.25) is 10.1 Å². The summed E-state index contributed by atoms with van der Waals surface area (Å²) in [6.45, 7) is 0.400.